The SMILES string of the molecule is O=C(O)CC[C@H](NC(=O)OCC1c2ccccc2-c2ccccc21)C(=O)Cl. The predicted molar refractivity (Wildman–Crippen MR) is 99.7 cm³/mol. The van der Waals surface area contributed by atoms with Crippen molar-refractivity contribution in [2.24, 2.45) is 0 Å². The number of nitrogens with one attached hydrogen (secondary N) is 1. The van der Waals surface area contributed by atoms with Gasteiger partial charge in [-0.05, 0) is 40.3 Å². The molecule has 0 fully saturated rings. The van der Waals surface area contributed by atoms with E-state index in [4.69, 9.17) is 21.4 Å². The van der Waals surface area contributed by atoms with Crippen LogP contribution in [0, 0.1) is 0 Å². The van der Waals surface area contributed by atoms with E-state index in [2.05, 4.69) is 5.32 Å². The van der Waals surface area contributed by atoms with Gasteiger partial charge in [0.2, 0.25) is 5.24 Å². The first-order valence-corrected chi connectivity index (χ1v) is 8.88. The van der Waals surface area contributed by atoms with E-state index in [0.717, 1.165) is 22.3 Å². The van der Waals surface area contributed by atoms with Gasteiger partial charge in [0.05, 0.1) is 0 Å². The third-order valence-corrected chi connectivity index (χ3v) is 4.82. The second kappa shape index (κ2) is 8.22. The molecular weight excluding hydrogens is 370 g/mol. The van der Waals surface area contributed by atoms with E-state index >= 15 is 0 Å². The van der Waals surface area contributed by atoms with Crippen LogP contribution in [0.25, 0.3) is 11.1 Å². The van der Waals surface area contributed by atoms with Crippen molar-refractivity contribution in [3.05, 3.63) is 59.7 Å². The van der Waals surface area contributed by atoms with Crippen LogP contribution in [-0.4, -0.2) is 35.1 Å². The molecule has 0 aliphatic heterocycles. The van der Waals surface area contributed by atoms with Gasteiger partial charge in [-0.25, -0.2) is 4.79 Å². The Morgan fingerprint density at radius 2 is 1.59 bits per heavy atom. The fourth-order valence-corrected chi connectivity index (χ4v) is 3.46. The number of halogens is 1. The van der Waals surface area contributed by atoms with Crippen molar-refractivity contribution < 1.29 is 24.2 Å². The molecule has 2 aromatic rings. The van der Waals surface area contributed by atoms with Crippen molar-refractivity contribution in [2.45, 2.75) is 24.8 Å². The highest BCUT2D eigenvalue weighted by atomic mass is 35.5. The molecule has 140 valence electrons. The van der Waals surface area contributed by atoms with Crippen LogP contribution in [0.5, 0.6) is 0 Å². The van der Waals surface area contributed by atoms with Crippen LogP contribution in [-0.2, 0) is 14.3 Å². The number of fused-ring (bicyclic) bond motifs is 3. The summed E-state index contributed by atoms with van der Waals surface area (Å²) in [6.45, 7) is 0.0992. The van der Waals surface area contributed by atoms with Crippen molar-refractivity contribution in [2.75, 3.05) is 6.61 Å². The minimum absolute atomic E-state index is 0.0954. The number of hydrogen-bond acceptors (Lipinski definition) is 4. The zero-order valence-electron chi connectivity index (χ0n) is 14.4. The number of rotatable bonds is 7. The first kappa shape index (κ1) is 18.9. The van der Waals surface area contributed by atoms with Gasteiger partial charge in [0.1, 0.15) is 12.6 Å². The zero-order valence-corrected chi connectivity index (χ0v) is 15.1. The molecule has 1 atom stereocenters. The molecule has 0 saturated carbocycles. The topological polar surface area (TPSA) is 92.7 Å². The van der Waals surface area contributed by atoms with Gasteiger partial charge in [-0.2, -0.15) is 0 Å². The molecule has 1 aliphatic rings. The minimum Gasteiger partial charge on any atom is -0.481 e. The summed E-state index contributed by atoms with van der Waals surface area (Å²) < 4.78 is 5.32. The first-order chi connectivity index (χ1) is 13.0. The number of benzene rings is 2. The largest absolute Gasteiger partial charge is 0.481 e. The molecule has 3 rings (SSSR count). The smallest absolute Gasteiger partial charge is 0.407 e. The van der Waals surface area contributed by atoms with Crippen LogP contribution < -0.4 is 5.32 Å². The monoisotopic (exact) mass is 387 g/mol. The number of aliphatic carboxylic acids is 1. The molecule has 7 heteroatoms. The number of carboxylic acids is 1. The lowest BCUT2D eigenvalue weighted by Crippen LogP contribution is -2.40. The Hall–Kier alpha value is -2.86. The number of alkyl carbamates (subject to hydrolysis) is 1. The third kappa shape index (κ3) is 4.28. The Morgan fingerprint density at radius 3 is 2.11 bits per heavy atom. The average molecular weight is 388 g/mol. The molecule has 2 aromatic carbocycles. The van der Waals surface area contributed by atoms with Gasteiger partial charge in [-0.1, -0.05) is 48.5 Å². The average Bonchev–Trinajstić information content (AvgIpc) is 2.97. The summed E-state index contributed by atoms with van der Waals surface area (Å²) in [5.74, 6) is -1.18. The highest BCUT2D eigenvalue weighted by Gasteiger charge is 2.29. The van der Waals surface area contributed by atoms with Crippen molar-refractivity contribution in [1.82, 2.24) is 5.32 Å². The summed E-state index contributed by atoms with van der Waals surface area (Å²) in [6, 6.07) is 14.8. The molecule has 0 heterocycles. The lowest BCUT2D eigenvalue weighted by atomic mass is 9.98. The fraction of sp³-hybridized carbons (Fsp3) is 0.250. The molecule has 1 aliphatic carbocycles. The first-order valence-electron chi connectivity index (χ1n) is 8.50. The molecule has 0 spiro atoms. The standard InChI is InChI=1S/C20H18ClNO5/c21-19(25)17(9-10-18(23)24)22-20(26)27-11-16-14-7-3-1-5-12(14)13-6-2-4-8-15(13)16/h1-8,16-17H,9-11H2,(H,22,26)(H,23,24)/t17-/m0/s1. The molecule has 2 N–H and O–H groups in total. The molecule has 0 bridgehead atoms. The van der Waals surface area contributed by atoms with E-state index in [9.17, 15) is 14.4 Å². The third-order valence-electron chi connectivity index (χ3n) is 4.56. The van der Waals surface area contributed by atoms with Gasteiger partial charge >= 0.3 is 12.1 Å². The number of amides is 1. The van der Waals surface area contributed by atoms with Crippen LogP contribution in [0.3, 0.4) is 0 Å². The number of carbonyl (C=O) groups is 3. The van der Waals surface area contributed by atoms with Gasteiger partial charge in [-0.15, -0.1) is 0 Å². The second-order valence-corrected chi connectivity index (χ2v) is 6.63. The summed E-state index contributed by atoms with van der Waals surface area (Å²) >= 11 is 5.43. The van der Waals surface area contributed by atoms with Gasteiger partial charge in [0.25, 0.3) is 0 Å². The molecule has 0 unspecified atom stereocenters. The van der Waals surface area contributed by atoms with Gasteiger partial charge in [-0.3, -0.25) is 9.59 Å². The number of carboxylic acid groups (broad SMARTS) is 1. The van der Waals surface area contributed by atoms with E-state index < -0.39 is 23.3 Å². The number of hydrogen-bond donors (Lipinski definition) is 2. The van der Waals surface area contributed by atoms with Crippen molar-refractivity contribution in [3.8, 4) is 11.1 Å². The molecule has 0 radical (unpaired) electrons. The molecule has 0 aromatic heterocycles. The van der Waals surface area contributed by atoms with Crippen molar-refractivity contribution in [1.29, 1.82) is 0 Å². The van der Waals surface area contributed by atoms with Crippen LogP contribution in [0.1, 0.15) is 29.9 Å². The fourth-order valence-electron chi connectivity index (χ4n) is 3.29. The van der Waals surface area contributed by atoms with Gasteiger partial charge in [0, 0.05) is 12.3 Å². The normalized spacial score (nSPS) is 13.4. The maximum atomic E-state index is 12.1. The predicted octanol–water partition coefficient (Wildman–Crippen LogP) is 3.52. The molecule has 27 heavy (non-hydrogen) atoms. The maximum Gasteiger partial charge on any atom is 0.407 e. The van der Waals surface area contributed by atoms with Crippen LogP contribution in [0.4, 0.5) is 4.79 Å². The Balaban J connectivity index is 1.67. The lowest BCUT2D eigenvalue weighted by Gasteiger charge is -2.17. The quantitative estimate of drug-likeness (QED) is 0.709. The Morgan fingerprint density at radius 1 is 1.04 bits per heavy atom. The summed E-state index contributed by atoms with van der Waals surface area (Å²) in [5.41, 5.74) is 4.36. The number of carbonyl (C=O) groups excluding carboxylic acids is 2. The van der Waals surface area contributed by atoms with Crippen LogP contribution in [0.2, 0.25) is 0 Å². The molecule has 0 saturated heterocycles. The summed E-state index contributed by atoms with van der Waals surface area (Å²) in [4.78, 5) is 34.1. The van der Waals surface area contributed by atoms with Crippen LogP contribution >= 0.6 is 11.6 Å². The minimum atomic E-state index is -1.10. The Bertz CT molecular complexity index is 837. The maximum absolute atomic E-state index is 12.1. The van der Waals surface area contributed by atoms with Gasteiger partial charge in [0.15, 0.2) is 0 Å². The van der Waals surface area contributed by atoms with E-state index in [1.54, 1.807) is 0 Å². The molecule has 1 amide bonds. The highest BCUT2D eigenvalue weighted by molar-refractivity contribution is 6.64. The zero-order chi connectivity index (χ0) is 19.4. The second-order valence-electron chi connectivity index (χ2n) is 6.26. The van der Waals surface area contributed by atoms with Gasteiger partial charge < -0.3 is 15.2 Å². The summed E-state index contributed by atoms with van der Waals surface area (Å²) in [5, 5.41) is 10.2. The van der Waals surface area contributed by atoms with E-state index in [1.165, 1.54) is 0 Å². The van der Waals surface area contributed by atoms with Crippen molar-refractivity contribution >= 4 is 28.9 Å². The lowest BCUT2D eigenvalue weighted by molar-refractivity contribution is -0.137. The highest BCUT2D eigenvalue weighted by Crippen LogP contribution is 2.44. The number of ether oxygens (including phenoxy) is 1. The van der Waals surface area contributed by atoms with E-state index in [1.807, 2.05) is 48.5 Å². The Kier molecular flexibility index (Phi) is 5.76. The summed E-state index contributed by atoms with van der Waals surface area (Å²) in [7, 11) is 0. The molecule has 6 nitrogen and oxygen atoms in total. The van der Waals surface area contributed by atoms with E-state index in [-0.39, 0.29) is 25.4 Å². The van der Waals surface area contributed by atoms with Crippen LogP contribution in [0.15, 0.2) is 48.5 Å². The summed E-state index contributed by atoms with van der Waals surface area (Å²) in [6.07, 6.45) is -1.18. The Labute approximate surface area is 161 Å². The molecular formula is C20H18ClNO5. The van der Waals surface area contributed by atoms with Crippen molar-refractivity contribution in [3.63, 3.8) is 0 Å². The van der Waals surface area contributed by atoms with E-state index in [0.29, 0.717) is 0 Å².